The maximum atomic E-state index is 8.45. The smallest absolute Gasteiger partial charge is 0.0912 e. The van der Waals surface area contributed by atoms with Crippen LogP contribution in [-0.2, 0) is 17.8 Å². The van der Waals surface area contributed by atoms with Gasteiger partial charge < -0.3 is 4.74 Å². The Morgan fingerprint density at radius 3 is 2.43 bits per heavy atom. The first kappa shape index (κ1) is 17.5. The standard InChI is InChI=1S/C21H27NO/c1-2-6-18-8-10-20(11-9-18)17-23-21-14-12-19(13-15-21)7-4-3-5-16-22/h3-5,7-11,19,21H,2,6,12-15,17H2,1H3. The topological polar surface area (TPSA) is 33.0 Å². The molecule has 0 aliphatic heterocycles. The van der Waals surface area contributed by atoms with E-state index in [0.29, 0.717) is 12.0 Å². The molecule has 0 heterocycles. The average Bonchev–Trinajstić information content (AvgIpc) is 2.59. The molecule has 0 amide bonds. The lowest BCUT2D eigenvalue weighted by Crippen LogP contribution is -2.20. The zero-order chi connectivity index (χ0) is 16.3. The number of nitriles is 1. The lowest BCUT2D eigenvalue weighted by molar-refractivity contribution is 0.0110. The first-order chi connectivity index (χ1) is 11.3. The van der Waals surface area contributed by atoms with E-state index in [2.05, 4.69) is 37.3 Å². The lowest BCUT2D eigenvalue weighted by atomic mass is 9.87. The highest BCUT2D eigenvalue weighted by atomic mass is 16.5. The molecule has 0 atom stereocenters. The van der Waals surface area contributed by atoms with Crippen LogP contribution in [0.25, 0.3) is 0 Å². The lowest BCUT2D eigenvalue weighted by Gasteiger charge is -2.26. The highest BCUT2D eigenvalue weighted by molar-refractivity contribution is 5.22. The predicted octanol–water partition coefficient (Wildman–Crippen LogP) is 5.35. The van der Waals surface area contributed by atoms with Gasteiger partial charge in [-0.3, -0.25) is 0 Å². The molecule has 0 N–H and O–H groups in total. The molecule has 122 valence electrons. The Morgan fingerprint density at radius 2 is 1.78 bits per heavy atom. The van der Waals surface area contributed by atoms with Crippen LogP contribution >= 0.6 is 0 Å². The minimum Gasteiger partial charge on any atom is -0.374 e. The van der Waals surface area contributed by atoms with Crippen molar-refractivity contribution in [2.45, 2.75) is 58.2 Å². The summed E-state index contributed by atoms with van der Waals surface area (Å²) in [5.74, 6) is 0.631. The second kappa shape index (κ2) is 10.0. The van der Waals surface area contributed by atoms with Crippen molar-refractivity contribution in [2.24, 2.45) is 5.92 Å². The molecule has 23 heavy (non-hydrogen) atoms. The van der Waals surface area contributed by atoms with E-state index < -0.39 is 0 Å². The van der Waals surface area contributed by atoms with E-state index in [9.17, 15) is 0 Å². The molecule has 0 aromatic heterocycles. The van der Waals surface area contributed by atoms with Crippen LogP contribution in [0.5, 0.6) is 0 Å². The van der Waals surface area contributed by atoms with Crippen LogP contribution in [0.1, 0.15) is 50.2 Å². The van der Waals surface area contributed by atoms with Crippen LogP contribution in [0.4, 0.5) is 0 Å². The SMILES string of the molecule is CCCc1ccc(COC2CCC(C=CC=CC#N)CC2)cc1. The molecular formula is C21H27NO. The number of benzene rings is 1. The summed E-state index contributed by atoms with van der Waals surface area (Å²) in [6.45, 7) is 2.94. The summed E-state index contributed by atoms with van der Waals surface area (Å²) >= 11 is 0. The summed E-state index contributed by atoms with van der Waals surface area (Å²) in [5, 5.41) is 8.45. The van der Waals surface area contributed by atoms with E-state index in [0.717, 1.165) is 25.9 Å². The summed E-state index contributed by atoms with van der Waals surface area (Å²) in [5.41, 5.74) is 2.68. The van der Waals surface area contributed by atoms with Crippen molar-refractivity contribution in [1.82, 2.24) is 0 Å². The highest BCUT2D eigenvalue weighted by Gasteiger charge is 2.19. The van der Waals surface area contributed by atoms with Crippen molar-refractivity contribution in [1.29, 1.82) is 5.26 Å². The Morgan fingerprint density at radius 1 is 1.09 bits per heavy atom. The van der Waals surface area contributed by atoms with Crippen LogP contribution in [0, 0.1) is 17.2 Å². The quantitative estimate of drug-likeness (QED) is 0.502. The summed E-state index contributed by atoms with van der Waals surface area (Å²) in [6.07, 6.45) is 14.9. The third-order valence-electron chi connectivity index (χ3n) is 4.43. The Hall–Kier alpha value is -1.85. The summed E-state index contributed by atoms with van der Waals surface area (Å²) in [6, 6.07) is 10.8. The van der Waals surface area contributed by atoms with Crippen LogP contribution in [0.3, 0.4) is 0 Å². The van der Waals surface area contributed by atoms with E-state index in [4.69, 9.17) is 10.00 Å². The summed E-state index contributed by atoms with van der Waals surface area (Å²) in [7, 11) is 0. The number of rotatable bonds is 7. The second-order valence-corrected chi connectivity index (χ2v) is 6.29. The first-order valence-corrected chi connectivity index (χ1v) is 8.74. The average molecular weight is 309 g/mol. The second-order valence-electron chi connectivity index (χ2n) is 6.29. The molecule has 1 aliphatic carbocycles. The maximum absolute atomic E-state index is 8.45. The molecular weight excluding hydrogens is 282 g/mol. The Kier molecular flexibility index (Phi) is 7.63. The molecule has 1 saturated carbocycles. The number of allylic oxidation sites excluding steroid dienone is 4. The van der Waals surface area contributed by atoms with Crippen molar-refractivity contribution >= 4 is 0 Å². The monoisotopic (exact) mass is 309 g/mol. The van der Waals surface area contributed by atoms with Crippen LogP contribution in [-0.4, -0.2) is 6.10 Å². The van der Waals surface area contributed by atoms with Crippen molar-refractivity contribution in [2.75, 3.05) is 0 Å². The van der Waals surface area contributed by atoms with Gasteiger partial charge in [-0.25, -0.2) is 0 Å². The van der Waals surface area contributed by atoms with E-state index in [1.165, 1.54) is 36.5 Å². The van der Waals surface area contributed by atoms with Gasteiger partial charge >= 0.3 is 0 Å². The number of nitrogens with zero attached hydrogens (tertiary/aromatic N) is 1. The Labute approximate surface area is 140 Å². The zero-order valence-electron chi connectivity index (χ0n) is 14.1. The Balaban J connectivity index is 1.69. The third kappa shape index (κ3) is 6.42. The van der Waals surface area contributed by atoms with Crippen LogP contribution in [0.2, 0.25) is 0 Å². The van der Waals surface area contributed by atoms with Crippen molar-refractivity contribution in [3.05, 3.63) is 59.7 Å². The van der Waals surface area contributed by atoms with Crippen molar-refractivity contribution in [3.63, 3.8) is 0 Å². The minimum absolute atomic E-state index is 0.393. The van der Waals surface area contributed by atoms with Gasteiger partial charge in [-0.2, -0.15) is 5.26 Å². The van der Waals surface area contributed by atoms with Gasteiger partial charge in [0.05, 0.1) is 18.8 Å². The molecule has 0 saturated heterocycles. The minimum atomic E-state index is 0.393. The van der Waals surface area contributed by atoms with Crippen LogP contribution < -0.4 is 0 Å². The van der Waals surface area contributed by atoms with Crippen molar-refractivity contribution in [3.8, 4) is 6.07 Å². The molecule has 2 rings (SSSR count). The zero-order valence-corrected chi connectivity index (χ0v) is 14.1. The van der Waals surface area contributed by atoms with Gasteiger partial charge in [0, 0.05) is 6.08 Å². The van der Waals surface area contributed by atoms with E-state index in [1.807, 2.05) is 18.2 Å². The molecule has 0 radical (unpaired) electrons. The normalized spacial score (nSPS) is 21.7. The first-order valence-electron chi connectivity index (χ1n) is 8.74. The van der Waals surface area contributed by atoms with Gasteiger partial charge in [-0.1, -0.05) is 55.8 Å². The van der Waals surface area contributed by atoms with Gasteiger partial charge in [-0.05, 0) is 49.1 Å². The number of hydrogen-bond donors (Lipinski definition) is 0. The summed E-state index contributed by atoms with van der Waals surface area (Å²) < 4.78 is 6.08. The number of hydrogen-bond acceptors (Lipinski definition) is 2. The Bertz CT molecular complexity index is 542. The molecule has 0 spiro atoms. The van der Waals surface area contributed by atoms with Gasteiger partial charge in [0.25, 0.3) is 0 Å². The number of ether oxygens (including phenoxy) is 1. The van der Waals surface area contributed by atoms with Gasteiger partial charge in [0.2, 0.25) is 0 Å². The molecule has 1 aromatic carbocycles. The molecule has 1 fully saturated rings. The fourth-order valence-corrected chi connectivity index (χ4v) is 3.07. The van der Waals surface area contributed by atoms with Crippen molar-refractivity contribution < 1.29 is 4.74 Å². The maximum Gasteiger partial charge on any atom is 0.0912 e. The summed E-state index contributed by atoms with van der Waals surface area (Å²) in [4.78, 5) is 0. The molecule has 2 heteroatoms. The molecule has 0 bridgehead atoms. The van der Waals surface area contributed by atoms with Gasteiger partial charge in [0.1, 0.15) is 0 Å². The molecule has 0 unspecified atom stereocenters. The van der Waals surface area contributed by atoms with E-state index in [1.54, 1.807) is 0 Å². The molecule has 2 nitrogen and oxygen atoms in total. The number of aryl methyl sites for hydroxylation is 1. The molecule has 1 aromatic rings. The van der Waals surface area contributed by atoms with Gasteiger partial charge in [0.15, 0.2) is 0 Å². The molecule has 1 aliphatic rings. The highest BCUT2D eigenvalue weighted by Crippen LogP contribution is 2.27. The predicted molar refractivity (Wildman–Crippen MR) is 94.9 cm³/mol. The van der Waals surface area contributed by atoms with Gasteiger partial charge in [-0.15, -0.1) is 0 Å². The third-order valence-corrected chi connectivity index (χ3v) is 4.43. The van der Waals surface area contributed by atoms with E-state index in [-0.39, 0.29) is 0 Å². The van der Waals surface area contributed by atoms with Crippen LogP contribution in [0.15, 0.2) is 48.6 Å². The van der Waals surface area contributed by atoms with E-state index >= 15 is 0 Å². The largest absolute Gasteiger partial charge is 0.374 e. The fraction of sp³-hybridized carbons (Fsp3) is 0.476. The fourth-order valence-electron chi connectivity index (χ4n) is 3.07.